The van der Waals surface area contributed by atoms with Crippen molar-refractivity contribution in [3.8, 4) is 0 Å². The highest BCUT2D eigenvalue weighted by molar-refractivity contribution is 6.54. The second-order valence-electron chi connectivity index (χ2n) is 7.74. The predicted molar refractivity (Wildman–Crippen MR) is 117 cm³/mol. The summed E-state index contributed by atoms with van der Waals surface area (Å²) in [6.07, 6.45) is 10.1. The average Bonchev–Trinajstić information content (AvgIpc) is 3.21. The van der Waals surface area contributed by atoms with Crippen molar-refractivity contribution in [1.29, 1.82) is 0 Å². The highest BCUT2D eigenvalue weighted by atomic mass is 16.6. The molecule has 9 heteroatoms. The van der Waals surface area contributed by atoms with E-state index in [1.807, 2.05) is 55.4 Å². The maximum absolute atomic E-state index is 9.76. The SMILES string of the molecule is C[B]c1cnn2c(NCc3ccc[n+](OC)c3)cc(N[C@@H]3CCCC[C@@H]3CO)nc12. The molecule has 0 aliphatic heterocycles. The Labute approximate surface area is 177 Å². The molecule has 3 heterocycles. The Morgan fingerprint density at radius 3 is 3.03 bits per heavy atom. The number of anilines is 2. The van der Waals surface area contributed by atoms with E-state index in [2.05, 4.69) is 15.7 Å². The molecular weight excluding hydrogens is 379 g/mol. The molecule has 0 amide bonds. The summed E-state index contributed by atoms with van der Waals surface area (Å²) in [5, 5.41) is 21.3. The fourth-order valence-corrected chi connectivity index (χ4v) is 4.10. The second kappa shape index (κ2) is 9.34. The summed E-state index contributed by atoms with van der Waals surface area (Å²) in [6.45, 7) is 2.82. The third-order valence-corrected chi connectivity index (χ3v) is 5.81. The number of fused-ring (bicyclic) bond motifs is 1. The predicted octanol–water partition coefficient (Wildman–Crippen LogP) is 1.03. The summed E-state index contributed by atoms with van der Waals surface area (Å²) < 4.78 is 3.50. The van der Waals surface area contributed by atoms with E-state index in [9.17, 15) is 5.11 Å². The fourth-order valence-electron chi connectivity index (χ4n) is 4.10. The minimum atomic E-state index is 0.208. The monoisotopic (exact) mass is 408 g/mol. The molecule has 2 atom stereocenters. The summed E-state index contributed by atoms with van der Waals surface area (Å²) in [7, 11) is 3.65. The van der Waals surface area contributed by atoms with Gasteiger partial charge in [-0.15, -0.1) is 0 Å². The van der Waals surface area contributed by atoms with Crippen molar-refractivity contribution in [3.05, 3.63) is 42.4 Å². The number of nitrogens with zero attached hydrogens (tertiary/aromatic N) is 4. The molecule has 3 N–H and O–H groups in total. The highest BCUT2D eigenvalue weighted by Gasteiger charge is 2.25. The molecule has 3 aromatic rings. The number of hydrogen-bond donors (Lipinski definition) is 3. The van der Waals surface area contributed by atoms with Gasteiger partial charge in [-0.05, 0) is 24.4 Å². The van der Waals surface area contributed by atoms with Crippen molar-refractivity contribution in [2.75, 3.05) is 24.4 Å². The molecule has 3 aromatic heterocycles. The first-order valence-electron chi connectivity index (χ1n) is 10.6. The fraction of sp³-hybridized carbons (Fsp3) is 0.476. The van der Waals surface area contributed by atoms with E-state index >= 15 is 0 Å². The van der Waals surface area contributed by atoms with Crippen LogP contribution in [-0.2, 0) is 6.54 Å². The van der Waals surface area contributed by atoms with Crippen molar-refractivity contribution in [2.45, 2.75) is 45.1 Å². The Morgan fingerprint density at radius 2 is 2.23 bits per heavy atom. The summed E-state index contributed by atoms with van der Waals surface area (Å²) >= 11 is 0. The number of aliphatic hydroxyl groups is 1. The quantitative estimate of drug-likeness (QED) is 0.381. The Hall–Kier alpha value is -2.81. The lowest BCUT2D eigenvalue weighted by molar-refractivity contribution is -0.885. The van der Waals surface area contributed by atoms with E-state index in [4.69, 9.17) is 9.82 Å². The Morgan fingerprint density at radius 1 is 1.37 bits per heavy atom. The summed E-state index contributed by atoms with van der Waals surface area (Å²) in [4.78, 5) is 10.1. The third-order valence-electron chi connectivity index (χ3n) is 5.81. The van der Waals surface area contributed by atoms with Crippen molar-refractivity contribution in [1.82, 2.24) is 14.6 Å². The zero-order valence-corrected chi connectivity index (χ0v) is 17.6. The van der Waals surface area contributed by atoms with Crippen LogP contribution in [-0.4, -0.2) is 46.7 Å². The molecular formula is C21H29BN6O2+. The van der Waals surface area contributed by atoms with Crippen LogP contribution < -0.4 is 25.7 Å². The Balaban J connectivity index is 1.61. The van der Waals surface area contributed by atoms with E-state index in [0.29, 0.717) is 6.54 Å². The van der Waals surface area contributed by atoms with Crippen LogP contribution in [0.5, 0.6) is 0 Å². The molecule has 4 rings (SSSR count). The van der Waals surface area contributed by atoms with Gasteiger partial charge in [0.15, 0.2) is 12.9 Å². The zero-order valence-electron chi connectivity index (χ0n) is 17.6. The standard InChI is InChI=1S/C21H29BN6O2/c1-22-17-12-24-28-20(23-11-15-6-5-9-27(13-15)30-2)10-19(26-21(17)28)25-18-8-4-3-7-16(18)14-29/h5-6,9-10,12-13,16,18,23,29H,3-4,7-8,11,14H2,1-2H3,(H,25,26)/q+1/t16-,18-/m1/s1. The van der Waals surface area contributed by atoms with Crippen molar-refractivity contribution in [2.24, 2.45) is 5.92 Å². The molecule has 0 saturated heterocycles. The van der Waals surface area contributed by atoms with Crippen LogP contribution in [0.3, 0.4) is 0 Å². The van der Waals surface area contributed by atoms with Gasteiger partial charge in [-0.1, -0.05) is 19.7 Å². The van der Waals surface area contributed by atoms with Gasteiger partial charge < -0.3 is 15.7 Å². The van der Waals surface area contributed by atoms with Crippen molar-refractivity contribution in [3.63, 3.8) is 0 Å². The van der Waals surface area contributed by atoms with Gasteiger partial charge in [-0.25, -0.2) is 4.98 Å². The van der Waals surface area contributed by atoms with Crippen LogP contribution in [0.2, 0.25) is 6.82 Å². The Kier molecular flexibility index (Phi) is 6.37. The first-order chi connectivity index (χ1) is 14.7. The lowest BCUT2D eigenvalue weighted by atomic mass is 9.75. The molecule has 0 bridgehead atoms. The van der Waals surface area contributed by atoms with Gasteiger partial charge >= 0.3 is 0 Å². The van der Waals surface area contributed by atoms with E-state index < -0.39 is 0 Å². The van der Waals surface area contributed by atoms with Crippen LogP contribution in [0.25, 0.3) is 5.65 Å². The number of pyridine rings is 1. The molecule has 1 aliphatic rings. The van der Waals surface area contributed by atoms with Gasteiger partial charge in [0.2, 0.25) is 12.4 Å². The zero-order chi connectivity index (χ0) is 20.9. The van der Waals surface area contributed by atoms with Gasteiger partial charge in [-0.2, -0.15) is 9.61 Å². The number of hydrogen-bond acceptors (Lipinski definition) is 6. The molecule has 1 saturated carbocycles. The second-order valence-corrected chi connectivity index (χ2v) is 7.74. The van der Waals surface area contributed by atoms with Crippen LogP contribution >= 0.6 is 0 Å². The molecule has 1 radical (unpaired) electrons. The van der Waals surface area contributed by atoms with Crippen molar-refractivity contribution >= 4 is 30.0 Å². The first kappa shape index (κ1) is 20.5. The van der Waals surface area contributed by atoms with E-state index in [1.165, 1.54) is 12.8 Å². The molecule has 1 aliphatic carbocycles. The van der Waals surface area contributed by atoms with E-state index in [1.54, 1.807) is 11.8 Å². The lowest BCUT2D eigenvalue weighted by Gasteiger charge is -2.31. The summed E-state index contributed by atoms with van der Waals surface area (Å²) in [6, 6.07) is 6.22. The third kappa shape index (κ3) is 4.36. The number of rotatable bonds is 8. The molecule has 8 nitrogen and oxygen atoms in total. The molecule has 0 aromatic carbocycles. The summed E-state index contributed by atoms with van der Waals surface area (Å²) in [5.41, 5.74) is 2.88. The molecule has 0 spiro atoms. The molecule has 0 unspecified atom stereocenters. The van der Waals surface area contributed by atoms with Crippen molar-refractivity contribution < 1.29 is 14.7 Å². The minimum Gasteiger partial charge on any atom is -0.396 e. The number of nitrogens with one attached hydrogen (secondary N) is 2. The first-order valence-corrected chi connectivity index (χ1v) is 10.6. The Bertz CT molecular complexity index is 995. The minimum absolute atomic E-state index is 0.208. The van der Waals surface area contributed by atoms with Gasteiger partial charge in [0, 0.05) is 53.7 Å². The van der Waals surface area contributed by atoms with E-state index in [-0.39, 0.29) is 18.6 Å². The van der Waals surface area contributed by atoms with Crippen LogP contribution in [0, 0.1) is 5.92 Å². The maximum atomic E-state index is 9.76. The topological polar surface area (TPSA) is 87.6 Å². The molecule has 30 heavy (non-hydrogen) atoms. The van der Waals surface area contributed by atoms with Crippen LogP contribution in [0.1, 0.15) is 31.2 Å². The smallest absolute Gasteiger partial charge is 0.227 e. The van der Waals surface area contributed by atoms with E-state index in [0.717, 1.165) is 41.2 Å². The maximum Gasteiger partial charge on any atom is 0.227 e. The molecule has 1 fully saturated rings. The highest BCUT2D eigenvalue weighted by Crippen LogP contribution is 2.27. The average molecular weight is 408 g/mol. The number of aliphatic hydroxyl groups excluding tert-OH is 1. The van der Waals surface area contributed by atoms with Gasteiger partial charge in [0.25, 0.3) is 0 Å². The lowest BCUT2D eigenvalue weighted by Crippen LogP contribution is -2.40. The molecule has 157 valence electrons. The number of aromatic nitrogens is 4. The summed E-state index contributed by atoms with van der Waals surface area (Å²) in [5.74, 6) is 1.93. The van der Waals surface area contributed by atoms with Gasteiger partial charge in [0.1, 0.15) is 18.7 Å². The van der Waals surface area contributed by atoms with Crippen LogP contribution in [0.15, 0.2) is 36.8 Å². The van der Waals surface area contributed by atoms with Crippen LogP contribution in [0.4, 0.5) is 11.6 Å². The van der Waals surface area contributed by atoms with Gasteiger partial charge in [-0.3, -0.25) is 4.84 Å². The normalized spacial score (nSPS) is 18.9. The largest absolute Gasteiger partial charge is 0.396 e. The van der Waals surface area contributed by atoms with Gasteiger partial charge in [0.05, 0.1) is 0 Å².